The molecular weight excluding hydrogens is 416 g/mol. The number of rotatable bonds is 3. The van der Waals surface area contributed by atoms with Crippen molar-refractivity contribution in [1.29, 1.82) is 0 Å². The maximum absolute atomic E-state index is 14.0. The van der Waals surface area contributed by atoms with Crippen molar-refractivity contribution in [3.63, 3.8) is 0 Å². The van der Waals surface area contributed by atoms with Crippen LogP contribution in [0.15, 0.2) is 41.2 Å². The van der Waals surface area contributed by atoms with Crippen LogP contribution in [0.1, 0.15) is 28.9 Å². The van der Waals surface area contributed by atoms with Crippen molar-refractivity contribution in [1.82, 2.24) is 9.88 Å². The summed E-state index contributed by atoms with van der Waals surface area (Å²) in [6.07, 6.45) is 0. The zero-order chi connectivity index (χ0) is 21.6. The van der Waals surface area contributed by atoms with E-state index in [1.54, 1.807) is 31.3 Å². The number of carbonyl (C=O) groups is 1. The molecule has 2 aromatic carbocycles. The van der Waals surface area contributed by atoms with E-state index in [1.165, 1.54) is 4.90 Å². The van der Waals surface area contributed by atoms with Crippen LogP contribution in [0.3, 0.4) is 0 Å². The van der Waals surface area contributed by atoms with E-state index in [1.807, 2.05) is 0 Å². The highest BCUT2D eigenvalue weighted by Gasteiger charge is 2.33. The predicted molar refractivity (Wildman–Crippen MR) is 108 cm³/mol. The Balaban J connectivity index is 1.77. The van der Waals surface area contributed by atoms with Crippen LogP contribution >= 0.6 is 11.6 Å². The maximum Gasteiger partial charge on any atom is 0.256 e. The second-order valence-corrected chi connectivity index (χ2v) is 7.60. The van der Waals surface area contributed by atoms with Gasteiger partial charge >= 0.3 is 0 Å². The van der Waals surface area contributed by atoms with Crippen LogP contribution in [-0.4, -0.2) is 29.4 Å². The number of fused-ring (bicyclic) bond motifs is 3. The van der Waals surface area contributed by atoms with E-state index in [4.69, 9.17) is 22.1 Å². The van der Waals surface area contributed by atoms with Crippen molar-refractivity contribution in [2.45, 2.75) is 18.7 Å². The maximum atomic E-state index is 14.0. The zero-order valence-corrected chi connectivity index (χ0v) is 16.7. The van der Waals surface area contributed by atoms with E-state index in [0.717, 1.165) is 12.1 Å². The highest BCUT2D eigenvalue weighted by molar-refractivity contribution is 6.30. The van der Waals surface area contributed by atoms with Gasteiger partial charge < -0.3 is 20.4 Å². The summed E-state index contributed by atoms with van der Waals surface area (Å²) in [6, 6.07) is 6.83. The first-order valence-corrected chi connectivity index (χ1v) is 9.55. The monoisotopic (exact) mass is 433 g/mol. The minimum absolute atomic E-state index is 0.00222. The number of amides is 1. The van der Waals surface area contributed by atoms with Gasteiger partial charge in [0.1, 0.15) is 6.04 Å². The molecular formula is C21H18ClF2N3O3. The quantitative estimate of drug-likeness (QED) is 0.664. The van der Waals surface area contributed by atoms with Gasteiger partial charge in [0.2, 0.25) is 5.91 Å². The average molecular weight is 434 g/mol. The molecule has 156 valence electrons. The summed E-state index contributed by atoms with van der Waals surface area (Å²) in [5.74, 6) is -2.60. The number of nitrogens with zero attached hydrogens (tertiary/aromatic N) is 1. The molecule has 0 spiro atoms. The Morgan fingerprint density at radius 3 is 2.53 bits per heavy atom. The lowest BCUT2D eigenvalue weighted by atomic mass is 9.94. The van der Waals surface area contributed by atoms with Crippen LogP contribution in [0.5, 0.6) is 0 Å². The number of aromatic nitrogens is 1. The highest BCUT2D eigenvalue weighted by Crippen LogP contribution is 2.34. The van der Waals surface area contributed by atoms with Crippen molar-refractivity contribution >= 4 is 28.3 Å². The number of hydrogen-bond donors (Lipinski definition) is 2. The summed E-state index contributed by atoms with van der Waals surface area (Å²) in [6.45, 7) is 0.198. The number of carbonyl (C=O) groups excluding carboxylic acids is 1. The third-order valence-corrected chi connectivity index (χ3v) is 5.60. The lowest BCUT2D eigenvalue weighted by molar-refractivity contribution is -0.135. The number of nitrogens with two attached hydrogens (primary N) is 1. The Bertz CT molecular complexity index is 1200. The minimum atomic E-state index is -1.12. The van der Waals surface area contributed by atoms with E-state index in [9.17, 15) is 18.4 Å². The Morgan fingerprint density at radius 1 is 1.23 bits per heavy atom. The summed E-state index contributed by atoms with van der Waals surface area (Å²) < 4.78 is 33.3. The second-order valence-electron chi connectivity index (χ2n) is 7.17. The van der Waals surface area contributed by atoms with Gasteiger partial charge in [0.15, 0.2) is 11.6 Å². The van der Waals surface area contributed by atoms with Gasteiger partial charge in [-0.3, -0.25) is 9.59 Å². The number of H-pyrrole nitrogens is 1. The first-order chi connectivity index (χ1) is 14.3. The Labute approximate surface area is 175 Å². The normalized spacial score (nSPS) is 16.9. The third kappa shape index (κ3) is 3.47. The topological polar surface area (TPSA) is 88.4 Å². The Hall–Kier alpha value is -2.81. The van der Waals surface area contributed by atoms with Crippen molar-refractivity contribution in [3.05, 3.63) is 80.2 Å². The van der Waals surface area contributed by atoms with Gasteiger partial charge in [-0.25, -0.2) is 8.78 Å². The lowest BCUT2D eigenvalue weighted by Crippen LogP contribution is -2.42. The smallest absolute Gasteiger partial charge is 0.256 e. The van der Waals surface area contributed by atoms with Gasteiger partial charge in [-0.05, 0) is 35.2 Å². The number of pyridine rings is 1. The SMILES string of the molecule is CN(C(=O)[C@H](N)c1ccc(Cl)cc1)[C@@H]1COCc2[nH]c(=O)c3cc(F)c(F)cc3c21. The standard InChI is InChI=1S/C21H18ClF2N3O3/c1-27(21(29)19(25)10-2-4-11(22)5-3-10)17-9-30-8-16-18(17)12-6-14(23)15(24)7-13(12)20(28)26-16/h2-7,17,19H,8-9,25H2,1H3,(H,26,28)/t17-,19-/m1/s1. The molecule has 30 heavy (non-hydrogen) atoms. The summed E-state index contributed by atoms with van der Waals surface area (Å²) in [7, 11) is 1.55. The Morgan fingerprint density at radius 2 is 1.87 bits per heavy atom. The fraction of sp³-hybridized carbons (Fsp3) is 0.238. The Kier molecular flexibility index (Phi) is 5.31. The zero-order valence-electron chi connectivity index (χ0n) is 15.9. The first-order valence-electron chi connectivity index (χ1n) is 9.17. The van der Waals surface area contributed by atoms with E-state index in [2.05, 4.69) is 4.98 Å². The first kappa shape index (κ1) is 20.5. The van der Waals surface area contributed by atoms with Crippen molar-refractivity contribution in [2.75, 3.05) is 13.7 Å². The largest absolute Gasteiger partial charge is 0.373 e. The molecule has 2 atom stereocenters. The molecule has 1 aromatic heterocycles. The number of benzene rings is 2. The molecule has 0 bridgehead atoms. The van der Waals surface area contributed by atoms with Gasteiger partial charge in [-0.1, -0.05) is 23.7 Å². The van der Waals surface area contributed by atoms with Crippen LogP contribution in [0.25, 0.3) is 10.8 Å². The van der Waals surface area contributed by atoms with Crippen molar-refractivity contribution < 1.29 is 18.3 Å². The van der Waals surface area contributed by atoms with Gasteiger partial charge in [-0.2, -0.15) is 0 Å². The summed E-state index contributed by atoms with van der Waals surface area (Å²) in [5.41, 5.74) is 7.09. The van der Waals surface area contributed by atoms with Crippen LogP contribution in [0.2, 0.25) is 5.02 Å². The molecule has 0 saturated heterocycles. The highest BCUT2D eigenvalue weighted by atomic mass is 35.5. The lowest BCUT2D eigenvalue weighted by Gasteiger charge is -2.35. The van der Waals surface area contributed by atoms with E-state index in [-0.39, 0.29) is 24.0 Å². The average Bonchev–Trinajstić information content (AvgIpc) is 2.73. The molecule has 0 unspecified atom stereocenters. The van der Waals surface area contributed by atoms with Gasteiger partial charge in [-0.15, -0.1) is 0 Å². The fourth-order valence-corrected chi connectivity index (χ4v) is 3.86. The molecule has 1 aliphatic rings. The number of halogens is 3. The number of hydrogen-bond acceptors (Lipinski definition) is 4. The number of ether oxygens (including phenoxy) is 1. The molecule has 1 amide bonds. The molecule has 3 aromatic rings. The molecule has 0 radical (unpaired) electrons. The van der Waals surface area contributed by atoms with E-state index >= 15 is 0 Å². The summed E-state index contributed by atoms with van der Waals surface area (Å²) in [5, 5.41) is 0.758. The van der Waals surface area contributed by atoms with Crippen LogP contribution in [0.4, 0.5) is 8.78 Å². The second kappa shape index (κ2) is 7.79. The number of likely N-dealkylation sites (N-methyl/N-ethyl adjacent to an activating group) is 1. The van der Waals surface area contributed by atoms with Gasteiger partial charge in [0.05, 0.1) is 24.6 Å². The third-order valence-electron chi connectivity index (χ3n) is 5.35. The van der Waals surface area contributed by atoms with Gasteiger partial charge in [0, 0.05) is 23.3 Å². The predicted octanol–water partition coefficient (Wildman–Crippen LogP) is 3.19. The van der Waals surface area contributed by atoms with Crippen LogP contribution in [0, 0.1) is 11.6 Å². The van der Waals surface area contributed by atoms with Crippen molar-refractivity contribution in [2.24, 2.45) is 5.73 Å². The van der Waals surface area contributed by atoms with Crippen LogP contribution in [-0.2, 0) is 16.1 Å². The van der Waals surface area contributed by atoms with Gasteiger partial charge in [0.25, 0.3) is 5.56 Å². The summed E-state index contributed by atoms with van der Waals surface area (Å²) in [4.78, 5) is 29.5. The van der Waals surface area contributed by atoms with Crippen molar-refractivity contribution in [3.8, 4) is 0 Å². The molecule has 1 aliphatic heterocycles. The molecule has 4 rings (SSSR count). The number of nitrogens with one attached hydrogen (secondary N) is 1. The molecule has 0 saturated carbocycles. The molecule has 0 aliphatic carbocycles. The number of aromatic amines is 1. The molecule has 3 N–H and O–H groups in total. The van der Waals surface area contributed by atoms with E-state index < -0.39 is 35.2 Å². The molecule has 2 heterocycles. The molecule has 0 fully saturated rings. The molecule has 9 heteroatoms. The minimum Gasteiger partial charge on any atom is -0.373 e. The van der Waals surface area contributed by atoms with Crippen LogP contribution < -0.4 is 11.3 Å². The molecule has 6 nitrogen and oxygen atoms in total. The fourth-order valence-electron chi connectivity index (χ4n) is 3.73. The van der Waals surface area contributed by atoms with E-state index in [0.29, 0.717) is 21.8 Å². The summed E-state index contributed by atoms with van der Waals surface area (Å²) >= 11 is 5.89.